The number of H-pyrrole nitrogens is 1. The van der Waals surface area contributed by atoms with Gasteiger partial charge in [0.1, 0.15) is 11.6 Å². The number of hydrogen-bond donors (Lipinski definition) is 3. The van der Waals surface area contributed by atoms with Crippen molar-refractivity contribution >= 4 is 23.2 Å². The number of benzene rings is 1. The van der Waals surface area contributed by atoms with Crippen molar-refractivity contribution in [3.05, 3.63) is 58.9 Å². The van der Waals surface area contributed by atoms with Gasteiger partial charge in [-0.1, -0.05) is 0 Å². The van der Waals surface area contributed by atoms with Gasteiger partial charge in [0.15, 0.2) is 11.8 Å². The molecule has 3 rings (SSSR count). The number of thiophene rings is 1. The van der Waals surface area contributed by atoms with E-state index in [0.717, 1.165) is 15.4 Å². The van der Waals surface area contributed by atoms with Crippen molar-refractivity contribution in [3.8, 4) is 16.3 Å². The van der Waals surface area contributed by atoms with Crippen molar-refractivity contribution in [1.82, 2.24) is 21.0 Å². The lowest BCUT2D eigenvalue weighted by Gasteiger charge is -2.14. The number of nitrogens with zero attached hydrogens (tertiary/aromatic N) is 1. The van der Waals surface area contributed by atoms with Crippen molar-refractivity contribution in [2.45, 2.75) is 20.0 Å². The van der Waals surface area contributed by atoms with E-state index < -0.39 is 23.7 Å². The lowest BCUT2D eigenvalue weighted by atomic mass is 10.3. The van der Waals surface area contributed by atoms with E-state index in [4.69, 9.17) is 4.74 Å². The third-order valence-electron chi connectivity index (χ3n) is 3.61. The average Bonchev–Trinajstić information content (AvgIpc) is 3.30. The topological polar surface area (TPSA) is 96.1 Å². The largest absolute Gasteiger partial charge is 0.481 e. The minimum absolute atomic E-state index is 0.142. The summed E-state index contributed by atoms with van der Waals surface area (Å²) in [6.07, 6.45) is -0.889. The van der Waals surface area contributed by atoms with Crippen molar-refractivity contribution in [1.29, 1.82) is 0 Å². The first-order valence-electron chi connectivity index (χ1n) is 8.07. The first kappa shape index (κ1) is 18.6. The van der Waals surface area contributed by atoms with Crippen molar-refractivity contribution in [3.63, 3.8) is 0 Å². The van der Waals surface area contributed by atoms with Gasteiger partial charge >= 0.3 is 0 Å². The van der Waals surface area contributed by atoms with Crippen LogP contribution in [0.4, 0.5) is 4.39 Å². The molecule has 140 valence electrons. The summed E-state index contributed by atoms with van der Waals surface area (Å²) >= 11 is 1.58. The molecule has 0 spiro atoms. The second kappa shape index (κ2) is 8.00. The van der Waals surface area contributed by atoms with Crippen LogP contribution in [0.5, 0.6) is 5.75 Å². The Balaban J connectivity index is 1.53. The van der Waals surface area contributed by atoms with E-state index in [1.54, 1.807) is 17.4 Å². The Kier molecular flexibility index (Phi) is 5.51. The molecular weight excluding hydrogens is 371 g/mol. The minimum atomic E-state index is -0.889. The maximum absolute atomic E-state index is 12.9. The molecule has 2 heterocycles. The van der Waals surface area contributed by atoms with Crippen LogP contribution >= 0.6 is 11.3 Å². The number of rotatable bonds is 5. The molecule has 1 atom stereocenters. The van der Waals surface area contributed by atoms with Crippen LogP contribution in [0.2, 0.25) is 0 Å². The molecule has 0 aliphatic rings. The Bertz CT molecular complexity index is 952. The summed E-state index contributed by atoms with van der Waals surface area (Å²) in [7, 11) is 0. The number of nitrogens with one attached hydrogen (secondary N) is 3. The van der Waals surface area contributed by atoms with Gasteiger partial charge < -0.3 is 4.74 Å². The Labute approximate surface area is 158 Å². The minimum Gasteiger partial charge on any atom is -0.481 e. The van der Waals surface area contributed by atoms with E-state index in [0.29, 0.717) is 5.75 Å². The summed E-state index contributed by atoms with van der Waals surface area (Å²) in [6.45, 7) is 3.50. The standard InChI is InChI=1S/C18H17FN4O3S/c1-10-3-8-16(27-10)14-9-15(21-20-14)18(25)23-22-17(24)11(2)26-13-6-4-12(19)5-7-13/h3-9,11H,1-2H3,(H,20,21)(H,22,24)(H,23,25). The Hall–Kier alpha value is -3.20. The summed E-state index contributed by atoms with van der Waals surface area (Å²) in [6, 6.07) is 10.8. The third kappa shape index (κ3) is 4.70. The molecule has 0 saturated heterocycles. The van der Waals surface area contributed by atoms with Crippen LogP contribution in [0.1, 0.15) is 22.3 Å². The molecule has 2 aromatic heterocycles. The van der Waals surface area contributed by atoms with Crippen molar-refractivity contribution < 1.29 is 18.7 Å². The SMILES string of the molecule is Cc1ccc(-c2cc(C(=O)NNC(=O)C(C)Oc3ccc(F)cc3)n[nH]2)s1. The van der Waals surface area contributed by atoms with Gasteiger partial charge in [0.05, 0.1) is 10.6 Å². The normalized spacial score (nSPS) is 11.7. The average molecular weight is 388 g/mol. The first-order valence-corrected chi connectivity index (χ1v) is 8.88. The van der Waals surface area contributed by atoms with Crippen LogP contribution in [-0.4, -0.2) is 28.1 Å². The number of ether oxygens (including phenoxy) is 1. The zero-order valence-corrected chi connectivity index (χ0v) is 15.4. The van der Waals surface area contributed by atoms with Crippen LogP contribution < -0.4 is 15.6 Å². The van der Waals surface area contributed by atoms with Crippen LogP contribution in [0.3, 0.4) is 0 Å². The van der Waals surface area contributed by atoms with Gasteiger partial charge in [-0.3, -0.25) is 25.5 Å². The predicted octanol–water partition coefficient (Wildman–Crippen LogP) is 2.81. The van der Waals surface area contributed by atoms with Crippen molar-refractivity contribution in [2.24, 2.45) is 0 Å². The Morgan fingerprint density at radius 2 is 1.93 bits per heavy atom. The number of hydrazine groups is 1. The summed E-state index contributed by atoms with van der Waals surface area (Å²) in [5.74, 6) is -1.18. The van der Waals surface area contributed by atoms with Crippen LogP contribution in [0.15, 0.2) is 42.5 Å². The van der Waals surface area contributed by atoms with E-state index in [2.05, 4.69) is 21.0 Å². The number of aryl methyl sites for hydroxylation is 1. The molecule has 27 heavy (non-hydrogen) atoms. The van der Waals surface area contributed by atoms with E-state index in [1.807, 2.05) is 19.1 Å². The molecule has 1 aromatic carbocycles. The molecule has 9 heteroatoms. The molecule has 0 bridgehead atoms. The number of carbonyl (C=O) groups is 2. The monoisotopic (exact) mass is 388 g/mol. The Morgan fingerprint density at radius 3 is 2.59 bits per heavy atom. The summed E-state index contributed by atoms with van der Waals surface area (Å²) in [4.78, 5) is 26.3. The molecule has 0 saturated carbocycles. The van der Waals surface area contributed by atoms with Crippen LogP contribution in [-0.2, 0) is 4.79 Å². The zero-order chi connectivity index (χ0) is 19.4. The predicted molar refractivity (Wildman–Crippen MR) is 98.7 cm³/mol. The summed E-state index contributed by atoms with van der Waals surface area (Å²) in [5, 5.41) is 6.75. The highest BCUT2D eigenvalue weighted by Crippen LogP contribution is 2.26. The van der Waals surface area contributed by atoms with Gasteiger partial charge in [-0.15, -0.1) is 11.3 Å². The van der Waals surface area contributed by atoms with E-state index >= 15 is 0 Å². The fourth-order valence-corrected chi connectivity index (χ4v) is 3.03. The number of halogens is 1. The first-order chi connectivity index (χ1) is 12.9. The van der Waals surface area contributed by atoms with Crippen LogP contribution in [0, 0.1) is 12.7 Å². The smallest absolute Gasteiger partial charge is 0.290 e. The molecule has 7 nitrogen and oxygen atoms in total. The fraction of sp³-hybridized carbons (Fsp3) is 0.167. The van der Waals surface area contributed by atoms with Crippen molar-refractivity contribution in [2.75, 3.05) is 0 Å². The molecule has 1 unspecified atom stereocenters. The number of aromatic amines is 1. The number of amides is 2. The summed E-state index contributed by atoms with van der Waals surface area (Å²) < 4.78 is 18.3. The number of hydrogen-bond acceptors (Lipinski definition) is 5. The molecular formula is C18H17FN4O3S. The highest BCUT2D eigenvalue weighted by Gasteiger charge is 2.17. The molecule has 2 amide bonds. The second-order valence-electron chi connectivity index (χ2n) is 5.73. The molecule has 0 fully saturated rings. The zero-order valence-electron chi connectivity index (χ0n) is 14.6. The second-order valence-corrected chi connectivity index (χ2v) is 7.02. The number of carbonyl (C=O) groups excluding carboxylic acids is 2. The van der Waals surface area contributed by atoms with E-state index in [-0.39, 0.29) is 5.69 Å². The van der Waals surface area contributed by atoms with Gasteiger partial charge in [0.2, 0.25) is 0 Å². The maximum atomic E-state index is 12.9. The molecule has 3 aromatic rings. The summed E-state index contributed by atoms with van der Waals surface area (Å²) in [5.41, 5.74) is 5.43. The third-order valence-corrected chi connectivity index (χ3v) is 4.65. The highest BCUT2D eigenvalue weighted by atomic mass is 32.1. The van der Waals surface area contributed by atoms with Gasteiger partial charge in [-0.25, -0.2) is 4.39 Å². The van der Waals surface area contributed by atoms with Gasteiger partial charge in [-0.2, -0.15) is 5.10 Å². The molecule has 3 N–H and O–H groups in total. The Morgan fingerprint density at radius 1 is 1.19 bits per heavy atom. The van der Waals surface area contributed by atoms with Gasteiger partial charge in [0.25, 0.3) is 11.8 Å². The lowest BCUT2D eigenvalue weighted by molar-refractivity contribution is -0.128. The molecule has 0 aliphatic heterocycles. The molecule has 0 radical (unpaired) electrons. The van der Waals surface area contributed by atoms with E-state index in [1.165, 1.54) is 31.2 Å². The van der Waals surface area contributed by atoms with Gasteiger partial charge in [-0.05, 0) is 56.3 Å². The number of aromatic nitrogens is 2. The van der Waals surface area contributed by atoms with E-state index in [9.17, 15) is 14.0 Å². The maximum Gasteiger partial charge on any atom is 0.290 e. The fourth-order valence-electron chi connectivity index (χ4n) is 2.20. The van der Waals surface area contributed by atoms with Crippen LogP contribution in [0.25, 0.3) is 10.6 Å². The lowest BCUT2D eigenvalue weighted by Crippen LogP contribution is -2.47. The highest BCUT2D eigenvalue weighted by molar-refractivity contribution is 7.15. The quantitative estimate of drug-likeness (QED) is 0.586. The van der Waals surface area contributed by atoms with Gasteiger partial charge in [0, 0.05) is 4.88 Å². The molecule has 0 aliphatic carbocycles.